The van der Waals surface area contributed by atoms with Crippen LogP contribution in [0.15, 0.2) is 36.4 Å². The molecule has 0 heterocycles. The Morgan fingerprint density at radius 2 is 1.73 bits per heavy atom. The first-order valence-electron chi connectivity index (χ1n) is 7.07. The highest BCUT2D eigenvalue weighted by atomic mass is 16.6. The summed E-state index contributed by atoms with van der Waals surface area (Å²) in [6, 6.07) is 11.7. The summed E-state index contributed by atoms with van der Waals surface area (Å²) in [7, 11) is 4.89. The summed E-state index contributed by atoms with van der Waals surface area (Å²) >= 11 is 0. The van der Waals surface area contributed by atoms with E-state index in [9.17, 15) is 4.79 Å². The van der Waals surface area contributed by atoms with Gasteiger partial charge in [-0.3, -0.25) is 0 Å². The molecule has 116 valence electrons. The fourth-order valence-corrected chi connectivity index (χ4v) is 2.05. The highest BCUT2D eigenvalue weighted by Crippen LogP contribution is 2.34. The van der Waals surface area contributed by atoms with Crippen LogP contribution >= 0.6 is 0 Å². The Bertz CT molecular complexity index is 693. The molecule has 22 heavy (non-hydrogen) atoms. The van der Waals surface area contributed by atoms with E-state index in [0.717, 1.165) is 11.1 Å². The minimum atomic E-state index is -0.418. The molecule has 0 saturated heterocycles. The van der Waals surface area contributed by atoms with Crippen molar-refractivity contribution in [1.29, 1.82) is 0 Å². The van der Waals surface area contributed by atoms with Crippen molar-refractivity contribution in [3.05, 3.63) is 47.5 Å². The second-order valence-corrected chi connectivity index (χ2v) is 5.42. The van der Waals surface area contributed by atoms with Gasteiger partial charge in [0.2, 0.25) is 0 Å². The standard InChI is InChI=1S/C18H21NO3/c1-12-6-7-14(10-13(12)2)16-9-8-15(21-5)11-17(16)22-18(20)19(3)4/h6-11H,1-5H3. The van der Waals surface area contributed by atoms with E-state index in [0.29, 0.717) is 11.5 Å². The van der Waals surface area contributed by atoms with E-state index in [-0.39, 0.29) is 0 Å². The molecule has 0 aromatic heterocycles. The summed E-state index contributed by atoms with van der Waals surface area (Å²) in [4.78, 5) is 13.3. The maximum atomic E-state index is 11.9. The maximum Gasteiger partial charge on any atom is 0.414 e. The van der Waals surface area contributed by atoms with Crippen molar-refractivity contribution in [2.24, 2.45) is 0 Å². The van der Waals surface area contributed by atoms with E-state index in [1.807, 2.05) is 18.2 Å². The molecule has 0 atom stereocenters. The van der Waals surface area contributed by atoms with Crippen molar-refractivity contribution >= 4 is 6.09 Å². The summed E-state index contributed by atoms with van der Waals surface area (Å²) in [6.07, 6.45) is -0.418. The molecule has 0 saturated carbocycles. The van der Waals surface area contributed by atoms with Crippen LogP contribution in [0.3, 0.4) is 0 Å². The lowest BCUT2D eigenvalue weighted by molar-refractivity contribution is 0.172. The summed E-state index contributed by atoms with van der Waals surface area (Å²) in [5, 5.41) is 0. The predicted molar refractivity (Wildman–Crippen MR) is 87.6 cm³/mol. The average Bonchev–Trinajstić information content (AvgIpc) is 2.50. The first kappa shape index (κ1) is 15.9. The number of carbonyl (C=O) groups is 1. The summed E-state index contributed by atoms with van der Waals surface area (Å²) in [6.45, 7) is 4.13. The topological polar surface area (TPSA) is 38.8 Å². The molecule has 0 spiro atoms. The Labute approximate surface area is 131 Å². The molecule has 0 bridgehead atoms. The van der Waals surface area contributed by atoms with Crippen LogP contribution < -0.4 is 9.47 Å². The van der Waals surface area contributed by atoms with Gasteiger partial charge in [0.25, 0.3) is 0 Å². The van der Waals surface area contributed by atoms with Gasteiger partial charge in [0.1, 0.15) is 11.5 Å². The fourth-order valence-electron chi connectivity index (χ4n) is 2.05. The van der Waals surface area contributed by atoms with Gasteiger partial charge in [-0.25, -0.2) is 4.79 Å². The first-order valence-corrected chi connectivity index (χ1v) is 7.07. The maximum absolute atomic E-state index is 11.9. The van der Waals surface area contributed by atoms with Gasteiger partial charge in [0, 0.05) is 25.7 Å². The summed E-state index contributed by atoms with van der Waals surface area (Å²) in [5.41, 5.74) is 4.29. The molecule has 2 aromatic rings. The Morgan fingerprint density at radius 1 is 1.00 bits per heavy atom. The molecule has 0 unspecified atom stereocenters. The first-order chi connectivity index (χ1) is 10.4. The highest BCUT2D eigenvalue weighted by Gasteiger charge is 2.14. The van der Waals surface area contributed by atoms with Crippen molar-refractivity contribution < 1.29 is 14.3 Å². The van der Waals surface area contributed by atoms with Crippen molar-refractivity contribution in [2.75, 3.05) is 21.2 Å². The van der Waals surface area contributed by atoms with E-state index in [1.165, 1.54) is 16.0 Å². The Kier molecular flexibility index (Phi) is 4.71. The number of benzene rings is 2. The molecule has 4 heteroatoms. The lowest BCUT2D eigenvalue weighted by Crippen LogP contribution is -2.25. The molecule has 1 amide bonds. The molecule has 0 aliphatic carbocycles. The number of hydrogen-bond acceptors (Lipinski definition) is 3. The van der Waals surface area contributed by atoms with Crippen LogP contribution in [0.4, 0.5) is 4.79 Å². The molecular weight excluding hydrogens is 278 g/mol. The number of hydrogen-bond donors (Lipinski definition) is 0. The van der Waals surface area contributed by atoms with Gasteiger partial charge in [-0.1, -0.05) is 18.2 Å². The van der Waals surface area contributed by atoms with E-state index in [4.69, 9.17) is 9.47 Å². The van der Waals surface area contributed by atoms with Gasteiger partial charge in [-0.2, -0.15) is 0 Å². The number of carbonyl (C=O) groups excluding carboxylic acids is 1. The van der Waals surface area contributed by atoms with Gasteiger partial charge >= 0.3 is 6.09 Å². The minimum Gasteiger partial charge on any atom is -0.497 e. The molecular formula is C18H21NO3. The molecule has 0 aliphatic heterocycles. The average molecular weight is 299 g/mol. The van der Waals surface area contributed by atoms with Crippen molar-refractivity contribution in [3.8, 4) is 22.6 Å². The molecule has 2 aromatic carbocycles. The number of aryl methyl sites for hydroxylation is 2. The summed E-state index contributed by atoms with van der Waals surface area (Å²) in [5.74, 6) is 1.13. The van der Waals surface area contributed by atoms with Crippen LogP contribution in [0.2, 0.25) is 0 Å². The van der Waals surface area contributed by atoms with Crippen LogP contribution in [0.25, 0.3) is 11.1 Å². The number of methoxy groups -OCH3 is 1. The zero-order valence-electron chi connectivity index (χ0n) is 13.6. The third-order valence-electron chi connectivity index (χ3n) is 3.57. The molecule has 2 rings (SSSR count). The number of nitrogens with zero attached hydrogens (tertiary/aromatic N) is 1. The van der Waals surface area contributed by atoms with Crippen molar-refractivity contribution in [2.45, 2.75) is 13.8 Å². The van der Waals surface area contributed by atoms with Gasteiger partial charge in [0.05, 0.1) is 7.11 Å². The minimum absolute atomic E-state index is 0.418. The molecule has 0 aliphatic rings. The number of amides is 1. The number of rotatable bonds is 3. The predicted octanol–water partition coefficient (Wildman–Crippen LogP) is 4.04. The van der Waals surface area contributed by atoms with Crippen molar-refractivity contribution in [3.63, 3.8) is 0 Å². The quantitative estimate of drug-likeness (QED) is 0.858. The third kappa shape index (κ3) is 3.39. The number of ether oxygens (including phenoxy) is 2. The van der Waals surface area contributed by atoms with Crippen LogP contribution in [0, 0.1) is 13.8 Å². The zero-order chi connectivity index (χ0) is 16.3. The van der Waals surface area contributed by atoms with Crippen LogP contribution in [-0.4, -0.2) is 32.2 Å². The second-order valence-electron chi connectivity index (χ2n) is 5.42. The smallest absolute Gasteiger partial charge is 0.414 e. The Balaban J connectivity index is 2.49. The van der Waals surface area contributed by atoms with E-state index < -0.39 is 6.09 Å². The molecule has 0 N–H and O–H groups in total. The van der Waals surface area contributed by atoms with Gasteiger partial charge in [-0.15, -0.1) is 0 Å². The molecule has 0 radical (unpaired) electrons. The van der Waals surface area contributed by atoms with Gasteiger partial charge in [0.15, 0.2) is 0 Å². The Morgan fingerprint density at radius 3 is 2.32 bits per heavy atom. The lowest BCUT2D eigenvalue weighted by Gasteiger charge is -2.15. The zero-order valence-corrected chi connectivity index (χ0v) is 13.6. The SMILES string of the molecule is COc1ccc(-c2ccc(C)c(C)c2)c(OC(=O)N(C)C)c1. The van der Waals surface area contributed by atoms with Crippen LogP contribution in [0.5, 0.6) is 11.5 Å². The fraction of sp³-hybridized carbons (Fsp3) is 0.278. The second kappa shape index (κ2) is 6.52. The molecule has 4 nitrogen and oxygen atoms in total. The Hall–Kier alpha value is -2.49. The van der Waals surface area contributed by atoms with E-state index in [2.05, 4.69) is 26.0 Å². The molecule has 0 fully saturated rings. The monoisotopic (exact) mass is 299 g/mol. The lowest BCUT2D eigenvalue weighted by atomic mass is 9.99. The van der Waals surface area contributed by atoms with Gasteiger partial charge < -0.3 is 14.4 Å². The van der Waals surface area contributed by atoms with Crippen LogP contribution in [-0.2, 0) is 0 Å². The van der Waals surface area contributed by atoms with Crippen LogP contribution in [0.1, 0.15) is 11.1 Å². The summed E-state index contributed by atoms with van der Waals surface area (Å²) < 4.78 is 10.7. The highest BCUT2D eigenvalue weighted by molar-refractivity contribution is 5.78. The van der Waals surface area contributed by atoms with E-state index in [1.54, 1.807) is 27.3 Å². The van der Waals surface area contributed by atoms with Gasteiger partial charge in [-0.05, 0) is 42.7 Å². The largest absolute Gasteiger partial charge is 0.497 e. The third-order valence-corrected chi connectivity index (χ3v) is 3.57. The normalized spacial score (nSPS) is 10.2. The van der Waals surface area contributed by atoms with E-state index >= 15 is 0 Å². The van der Waals surface area contributed by atoms with Crippen molar-refractivity contribution in [1.82, 2.24) is 4.90 Å².